The second-order valence-corrected chi connectivity index (χ2v) is 11.7. The zero-order chi connectivity index (χ0) is 23.2. The Labute approximate surface area is 195 Å². The third-order valence-corrected chi connectivity index (χ3v) is 9.19. The summed E-state index contributed by atoms with van der Waals surface area (Å²) in [5.41, 5.74) is 2.47. The number of aryl methyl sites for hydroxylation is 1. The Balaban J connectivity index is 1.28. The van der Waals surface area contributed by atoms with E-state index in [2.05, 4.69) is 10.8 Å². The fourth-order valence-corrected chi connectivity index (χ4v) is 7.00. The topological polar surface area (TPSA) is 95.2 Å². The Bertz CT molecular complexity index is 1210. The molecule has 0 unspecified atom stereocenters. The summed E-state index contributed by atoms with van der Waals surface area (Å²) in [6.07, 6.45) is 8.36. The highest BCUT2D eigenvalue weighted by molar-refractivity contribution is 7.89. The third kappa shape index (κ3) is 4.29. The number of hydrogen-bond donors (Lipinski definition) is 1. The lowest BCUT2D eigenvalue weighted by Crippen LogP contribution is -2.43. The lowest BCUT2D eigenvalue weighted by Gasteiger charge is -2.34. The molecule has 176 valence electrons. The molecule has 1 aliphatic heterocycles. The number of piperidine rings is 1. The molecule has 0 spiro atoms. The summed E-state index contributed by atoms with van der Waals surface area (Å²) in [6.45, 7) is 1.73. The average molecular weight is 469 g/mol. The van der Waals surface area contributed by atoms with E-state index in [4.69, 9.17) is 0 Å². The molecule has 1 amide bonds. The van der Waals surface area contributed by atoms with Crippen molar-refractivity contribution < 1.29 is 13.2 Å². The number of nitrogens with zero attached hydrogens (tertiary/aromatic N) is 3. The van der Waals surface area contributed by atoms with Crippen molar-refractivity contribution in [1.82, 2.24) is 14.2 Å². The van der Waals surface area contributed by atoms with Crippen molar-refractivity contribution >= 4 is 26.8 Å². The zero-order valence-corrected chi connectivity index (χ0v) is 20.0. The van der Waals surface area contributed by atoms with Crippen LogP contribution >= 0.6 is 0 Å². The van der Waals surface area contributed by atoms with Crippen LogP contribution in [0.3, 0.4) is 0 Å². The molecule has 5 rings (SSSR count). The predicted octanol–water partition coefficient (Wildman–Crippen LogP) is 3.78. The minimum atomic E-state index is -3.68. The number of carbonyl (C=O) groups is 1. The Morgan fingerprint density at radius 3 is 2.39 bits per heavy atom. The molecule has 8 heteroatoms. The first-order valence-corrected chi connectivity index (χ1v) is 13.7. The Kier molecular flexibility index (Phi) is 5.96. The molecule has 0 radical (unpaired) electrons. The minimum Gasteiger partial charge on any atom is -0.346 e. The maximum atomic E-state index is 13.2. The van der Waals surface area contributed by atoms with Crippen LogP contribution in [0.5, 0.6) is 0 Å². The van der Waals surface area contributed by atoms with Gasteiger partial charge in [-0.15, -0.1) is 0 Å². The number of nitrogens with one attached hydrogen (secondary N) is 1. The van der Waals surface area contributed by atoms with E-state index in [-0.39, 0.29) is 22.8 Å². The molecular weight excluding hydrogens is 436 g/mol. The van der Waals surface area contributed by atoms with E-state index < -0.39 is 10.0 Å². The van der Waals surface area contributed by atoms with Gasteiger partial charge in [-0.25, -0.2) is 13.1 Å². The standard InChI is InChI=1S/C25H32N4O3S/c1-28-23-15-20(11-12-21(23)22(16-26)24(28)17-5-6-17)33(31,32)27-19-9-7-18(8-10-19)25(30)29-13-3-2-4-14-29/h11-12,15,17-19,27H,2-10,13-14H2,1H3/t18-,19-. The second kappa shape index (κ2) is 8.77. The molecule has 33 heavy (non-hydrogen) atoms. The van der Waals surface area contributed by atoms with Gasteiger partial charge in [0.15, 0.2) is 0 Å². The fraction of sp³-hybridized carbons (Fsp3) is 0.600. The van der Waals surface area contributed by atoms with Gasteiger partial charge in [0.2, 0.25) is 15.9 Å². The van der Waals surface area contributed by atoms with E-state index in [0.29, 0.717) is 24.3 Å². The monoisotopic (exact) mass is 468 g/mol. The smallest absolute Gasteiger partial charge is 0.240 e. The number of carbonyl (C=O) groups excluding carboxylic acids is 1. The predicted molar refractivity (Wildman–Crippen MR) is 126 cm³/mol. The molecule has 3 fully saturated rings. The summed E-state index contributed by atoms with van der Waals surface area (Å²) in [4.78, 5) is 15.0. The van der Waals surface area contributed by atoms with E-state index in [1.54, 1.807) is 18.2 Å². The van der Waals surface area contributed by atoms with E-state index in [1.807, 2.05) is 16.5 Å². The molecule has 1 N–H and O–H groups in total. The number of nitriles is 1. The van der Waals surface area contributed by atoms with E-state index >= 15 is 0 Å². The summed E-state index contributed by atoms with van der Waals surface area (Å²) in [5, 5.41) is 10.5. The normalized spacial score (nSPS) is 24.1. The summed E-state index contributed by atoms with van der Waals surface area (Å²) < 4.78 is 31.2. The molecule has 1 saturated heterocycles. The van der Waals surface area contributed by atoms with Crippen LogP contribution in [0.15, 0.2) is 23.1 Å². The van der Waals surface area contributed by atoms with Crippen LogP contribution in [0.1, 0.15) is 75.0 Å². The summed E-state index contributed by atoms with van der Waals surface area (Å²) in [5.74, 6) is 0.678. The van der Waals surface area contributed by atoms with Gasteiger partial charge in [-0.1, -0.05) is 6.07 Å². The van der Waals surface area contributed by atoms with E-state index in [9.17, 15) is 18.5 Å². The Morgan fingerprint density at radius 2 is 1.76 bits per heavy atom. The first-order valence-electron chi connectivity index (χ1n) is 12.2. The fourth-order valence-electron chi connectivity index (χ4n) is 5.67. The van der Waals surface area contributed by atoms with Crippen LogP contribution in [0.4, 0.5) is 0 Å². The van der Waals surface area contributed by atoms with Crippen LogP contribution < -0.4 is 4.72 Å². The molecule has 0 bridgehead atoms. The molecular formula is C25H32N4O3S. The molecule has 1 aromatic heterocycles. The number of fused-ring (bicyclic) bond motifs is 1. The second-order valence-electron chi connectivity index (χ2n) is 9.94. The molecule has 7 nitrogen and oxygen atoms in total. The van der Waals surface area contributed by atoms with Gasteiger partial charge in [-0.2, -0.15) is 5.26 Å². The van der Waals surface area contributed by atoms with Gasteiger partial charge in [0, 0.05) is 49.1 Å². The van der Waals surface area contributed by atoms with Crippen molar-refractivity contribution in [3.63, 3.8) is 0 Å². The summed E-state index contributed by atoms with van der Waals surface area (Å²) >= 11 is 0. The first kappa shape index (κ1) is 22.4. The maximum Gasteiger partial charge on any atom is 0.240 e. The highest BCUT2D eigenvalue weighted by Gasteiger charge is 2.33. The van der Waals surface area contributed by atoms with E-state index in [1.165, 1.54) is 6.42 Å². The van der Waals surface area contributed by atoms with Crippen LogP contribution in [0.2, 0.25) is 0 Å². The lowest BCUT2D eigenvalue weighted by atomic mass is 9.85. The molecule has 2 aliphatic carbocycles. The SMILES string of the molecule is Cn1c(C2CC2)c(C#N)c2ccc(S(=O)(=O)N[C@H]3CC[C@H](C(=O)N4CCCCC4)CC3)cc21. The van der Waals surface area contributed by atoms with Crippen LogP contribution in [-0.4, -0.2) is 42.9 Å². The summed E-state index contributed by atoms with van der Waals surface area (Å²) in [6, 6.07) is 7.23. The molecule has 2 heterocycles. The van der Waals surface area contributed by atoms with Gasteiger partial charge in [-0.3, -0.25) is 4.79 Å². The highest BCUT2D eigenvalue weighted by atomic mass is 32.2. The van der Waals surface area contributed by atoms with Gasteiger partial charge in [0.05, 0.1) is 16.0 Å². The van der Waals surface area contributed by atoms with Gasteiger partial charge in [-0.05, 0) is 69.9 Å². The largest absolute Gasteiger partial charge is 0.346 e. The number of amides is 1. The molecule has 2 saturated carbocycles. The molecule has 3 aliphatic rings. The Hall–Kier alpha value is -2.37. The third-order valence-electron chi connectivity index (χ3n) is 7.67. The van der Waals surface area contributed by atoms with Crippen molar-refractivity contribution in [1.29, 1.82) is 5.26 Å². The molecule has 0 atom stereocenters. The van der Waals surface area contributed by atoms with Crippen LogP contribution in [0.25, 0.3) is 10.9 Å². The molecule has 2 aromatic rings. The van der Waals surface area contributed by atoms with Crippen LogP contribution in [0, 0.1) is 17.2 Å². The number of aromatic nitrogens is 1. The van der Waals surface area contributed by atoms with E-state index in [0.717, 1.165) is 68.2 Å². The number of benzene rings is 1. The lowest BCUT2D eigenvalue weighted by molar-refractivity contribution is -0.137. The highest BCUT2D eigenvalue weighted by Crippen LogP contribution is 2.44. The van der Waals surface area contributed by atoms with Crippen molar-refractivity contribution in [3.05, 3.63) is 29.5 Å². The Morgan fingerprint density at radius 1 is 1.06 bits per heavy atom. The first-order chi connectivity index (χ1) is 15.9. The maximum absolute atomic E-state index is 13.2. The number of sulfonamides is 1. The van der Waals surface area contributed by atoms with Gasteiger partial charge >= 0.3 is 0 Å². The van der Waals surface area contributed by atoms with Crippen molar-refractivity contribution in [3.8, 4) is 6.07 Å². The number of hydrogen-bond acceptors (Lipinski definition) is 4. The van der Waals surface area contributed by atoms with Gasteiger partial charge in [0.1, 0.15) is 6.07 Å². The quantitative estimate of drug-likeness (QED) is 0.722. The average Bonchev–Trinajstić information content (AvgIpc) is 3.63. The van der Waals surface area contributed by atoms with Gasteiger partial charge < -0.3 is 9.47 Å². The van der Waals surface area contributed by atoms with Crippen molar-refractivity contribution in [2.75, 3.05) is 13.1 Å². The zero-order valence-electron chi connectivity index (χ0n) is 19.2. The summed E-state index contributed by atoms with van der Waals surface area (Å²) in [7, 11) is -1.76. The van der Waals surface area contributed by atoms with Crippen molar-refractivity contribution in [2.45, 2.75) is 74.6 Å². The van der Waals surface area contributed by atoms with Crippen LogP contribution in [-0.2, 0) is 21.9 Å². The molecule has 1 aromatic carbocycles. The minimum absolute atomic E-state index is 0.0221. The number of rotatable bonds is 5. The number of likely N-dealkylation sites (tertiary alicyclic amines) is 1. The van der Waals surface area contributed by atoms with Crippen molar-refractivity contribution in [2.24, 2.45) is 13.0 Å². The van der Waals surface area contributed by atoms with Gasteiger partial charge in [0.25, 0.3) is 0 Å².